The maximum atomic E-state index is 12.6. The molecule has 1 N–H and O–H groups in total. The maximum absolute atomic E-state index is 12.6. The normalized spacial score (nSPS) is 15.4. The van der Waals surface area contributed by atoms with Crippen LogP contribution in [0.3, 0.4) is 0 Å². The molecule has 1 saturated heterocycles. The summed E-state index contributed by atoms with van der Waals surface area (Å²) in [5.74, 6) is -0.232. The van der Waals surface area contributed by atoms with Crippen molar-refractivity contribution in [2.45, 2.75) is 5.57 Å². The molecule has 1 amide bonds. The Morgan fingerprint density at radius 1 is 1.04 bits per heavy atom. The summed E-state index contributed by atoms with van der Waals surface area (Å²) >= 11 is 4.72. The van der Waals surface area contributed by atoms with Crippen LogP contribution in [0.2, 0.25) is 0 Å². The van der Waals surface area contributed by atoms with Gasteiger partial charge in [-0.15, -0.1) is 8.78 Å². The Morgan fingerprint density at radius 2 is 1.67 bits per heavy atom. The summed E-state index contributed by atoms with van der Waals surface area (Å²) in [5, 5.41) is 2.75. The average Bonchev–Trinajstić information content (AvgIpc) is 2.63. The van der Waals surface area contributed by atoms with E-state index in [1.165, 1.54) is 30.0 Å². The molecule has 0 atom stereocenters. The molecule has 1 fully saturated rings. The second-order valence-electron chi connectivity index (χ2n) is 6.22. The van der Waals surface area contributed by atoms with Crippen LogP contribution in [-0.4, -0.2) is 49.1 Å². The zero-order valence-electron chi connectivity index (χ0n) is 14.6. The van der Waals surface area contributed by atoms with Gasteiger partial charge in [0.1, 0.15) is 5.75 Å². The molecule has 144 valence electrons. The summed E-state index contributed by atoms with van der Waals surface area (Å²) in [4.78, 5) is 16.6. The lowest BCUT2D eigenvalue weighted by Gasteiger charge is -2.35. The number of ether oxygens (including phenoxy) is 1. The van der Waals surface area contributed by atoms with Crippen LogP contribution in [0, 0.1) is 0 Å². The van der Waals surface area contributed by atoms with Crippen molar-refractivity contribution >= 4 is 28.9 Å². The molecule has 3 rings (SSSR count). The fourth-order valence-corrected chi connectivity index (χ4v) is 3.04. The molecule has 0 aromatic heterocycles. The minimum Gasteiger partial charge on any atom is -0.420 e. The third-order valence-corrected chi connectivity index (χ3v) is 4.31. The first kappa shape index (κ1) is 19.4. The number of benzene rings is 2. The van der Waals surface area contributed by atoms with Crippen LogP contribution < -0.4 is 15.0 Å². The lowest BCUT2D eigenvalue weighted by Crippen LogP contribution is -2.48. The fraction of sp³-hybridized carbons (Fsp3) is 0.316. The quantitative estimate of drug-likeness (QED) is 0.759. The summed E-state index contributed by atoms with van der Waals surface area (Å²) < 4.78 is 29.4. The van der Waals surface area contributed by atoms with Gasteiger partial charge in [-0.2, -0.15) is 0 Å². The number of halogens is 3. The first-order valence-electron chi connectivity index (χ1n) is 8.57. The van der Waals surface area contributed by atoms with Gasteiger partial charge in [0.25, 0.3) is 0 Å². The summed E-state index contributed by atoms with van der Waals surface area (Å²) in [6.45, 7) is 3.58. The average molecular weight is 396 g/mol. The summed E-state index contributed by atoms with van der Waals surface area (Å²) in [5.41, 5.74) is -2.06. The number of carbonyl (C=O) groups excluding carboxylic acids is 1. The zero-order chi connectivity index (χ0) is 19.3. The molecule has 1 aliphatic rings. The van der Waals surface area contributed by atoms with E-state index >= 15 is 0 Å². The van der Waals surface area contributed by atoms with Crippen LogP contribution in [-0.2, 0) is 4.79 Å². The standard InChI is InChI=1S/C19H20ClF2N3O2/c20-19(21,22)27-17-8-6-15(7-9-17)23-18(26)14-24-10-12-25(13-11-24)16-4-2-1-3-5-16/h1-9H,10-14H2,(H,23,26). The van der Waals surface area contributed by atoms with Gasteiger partial charge in [-0.05, 0) is 36.4 Å². The largest absolute Gasteiger partial charge is 0.487 e. The van der Waals surface area contributed by atoms with E-state index in [0.29, 0.717) is 5.69 Å². The number of nitrogens with zero attached hydrogens (tertiary/aromatic N) is 2. The van der Waals surface area contributed by atoms with Gasteiger partial charge < -0.3 is 15.0 Å². The first-order valence-corrected chi connectivity index (χ1v) is 8.95. The van der Waals surface area contributed by atoms with Crippen molar-refractivity contribution in [3.05, 3.63) is 54.6 Å². The molecule has 5 nitrogen and oxygen atoms in total. The lowest BCUT2D eigenvalue weighted by molar-refractivity contribution is -0.117. The third kappa shape index (κ3) is 6.08. The number of rotatable bonds is 6. The Morgan fingerprint density at radius 3 is 2.26 bits per heavy atom. The molecule has 0 radical (unpaired) electrons. The van der Waals surface area contributed by atoms with E-state index in [9.17, 15) is 13.6 Å². The predicted octanol–water partition coefficient (Wildman–Crippen LogP) is 3.62. The number of carbonyl (C=O) groups is 1. The van der Waals surface area contributed by atoms with Gasteiger partial charge in [0.15, 0.2) is 0 Å². The lowest BCUT2D eigenvalue weighted by atomic mass is 10.2. The Kier molecular flexibility index (Phi) is 6.13. The van der Waals surface area contributed by atoms with Crippen molar-refractivity contribution in [3.8, 4) is 5.75 Å². The van der Waals surface area contributed by atoms with Crippen LogP contribution in [0.4, 0.5) is 20.2 Å². The Hall–Kier alpha value is -2.38. The van der Waals surface area contributed by atoms with Crippen LogP contribution in [0.1, 0.15) is 0 Å². The third-order valence-electron chi connectivity index (χ3n) is 4.23. The number of amides is 1. The summed E-state index contributed by atoms with van der Waals surface area (Å²) in [7, 11) is 0. The molecular formula is C19H20ClF2N3O2. The number of anilines is 2. The van der Waals surface area contributed by atoms with Crippen molar-refractivity contribution in [1.82, 2.24) is 4.90 Å². The number of hydrogen-bond donors (Lipinski definition) is 1. The van der Waals surface area contributed by atoms with Crippen LogP contribution in [0.25, 0.3) is 0 Å². The zero-order valence-corrected chi connectivity index (χ0v) is 15.3. The minimum absolute atomic E-state index is 0.0787. The van der Waals surface area contributed by atoms with Gasteiger partial charge in [-0.25, -0.2) is 0 Å². The van der Waals surface area contributed by atoms with Crippen molar-refractivity contribution in [2.24, 2.45) is 0 Å². The Bertz CT molecular complexity index is 746. The van der Waals surface area contributed by atoms with Crippen molar-refractivity contribution in [2.75, 3.05) is 42.9 Å². The summed E-state index contributed by atoms with van der Waals surface area (Å²) in [6, 6.07) is 15.8. The second-order valence-corrected chi connectivity index (χ2v) is 6.66. The minimum atomic E-state index is -3.76. The molecule has 0 unspecified atom stereocenters. The van der Waals surface area contributed by atoms with E-state index in [4.69, 9.17) is 11.6 Å². The molecule has 2 aromatic rings. The number of hydrogen-bond acceptors (Lipinski definition) is 4. The number of nitrogens with one attached hydrogen (secondary N) is 1. The highest BCUT2D eigenvalue weighted by molar-refractivity contribution is 6.20. The highest BCUT2D eigenvalue weighted by Crippen LogP contribution is 2.26. The monoisotopic (exact) mass is 395 g/mol. The molecule has 0 spiro atoms. The molecule has 2 aromatic carbocycles. The molecule has 1 heterocycles. The van der Waals surface area contributed by atoms with Crippen LogP contribution in [0.15, 0.2) is 54.6 Å². The van der Waals surface area contributed by atoms with Crippen LogP contribution in [0.5, 0.6) is 5.75 Å². The molecular weight excluding hydrogens is 376 g/mol. The van der Waals surface area contributed by atoms with Crippen molar-refractivity contribution in [1.29, 1.82) is 0 Å². The van der Waals surface area contributed by atoms with E-state index in [0.717, 1.165) is 26.2 Å². The van der Waals surface area contributed by atoms with E-state index in [2.05, 4.69) is 32.0 Å². The Labute approximate surface area is 161 Å². The maximum Gasteiger partial charge on any atom is 0.487 e. The molecule has 27 heavy (non-hydrogen) atoms. The molecule has 0 saturated carbocycles. The molecule has 8 heteroatoms. The van der Waals surface area contributed by atoms with Gasteiger partial charge in [-0.3, -0.25) is 9.69 Å². The second kappa shape index (κ2) is 8.54. The van der Waals surface area contributed by atoms with E-state index in [-0.39, 0.29) is 18.2 Å². The SMILES string of the molecule is O=C(CN1CCN(c2ccccc2)CC1)Nc1ccc(OC(F)(F)Cl)cc1. The highest BCUT2D eigenvalue weighted by atomic mass is 35.5. The number of piperazine rings is 1. The van der Waals surface area contributed by atoms with Gasteiger partial charge in [-0.1, -0.05) is 18.2 Å². The van der Waals surface area contributed by atoms with Gasteiger partial charge in [0.2, 0.25) is 5.91 Å². The van der Waals surface area contributed by atoms with E-state index < -0.39 is 5.57 Å². The smallest absolute Gasteiger partial charge is 0.420 e. The topological polar surface area (TPSA) is 44.8 Å². The molecule has 0 bridgehead atoms. The first-order chi connectivity index (χ1) is 12.9. The van der Waals surface area contributed by atoms with E-state index in [1.807, 2.05) is 18.2 Å². The highest BCUT2D eigenvalue weighted by Gasteiger charge is 2.27. The van der Waals surface area contributed by atoms with Gasteiger partial charge in [0.05, 0.1) is 6.54 Å². The fourth-order valence-electron chi connectivity index (χ4n) is 2.95. The number of alkyl halides is 3. The van der Waals surface area contributed by atoms with Crippen molar-refractivity contribution in [3.63, 3.8) is 0 Å². The molecule has 0 aliphatic carbocycles. The van der Waals surface area contributed by atoms with E-state index in [1.54, 1.807) is 0 Å². The van der Waals surface area contributed by atoms with Crippen molar-refractivity contribution < 1.29 is 18.3 Å². The Balaban J connectivity index is 1.45. The molecule has 1 aliphatic heterocycles. The summed E-state index contributed by atoms with van der Waals surface area (Å²) in [6.07, 6.45) is 0. The van der Waals surface area contributed by atoms with Gasteiger partial charge >= 0.3 is 5.57 Å². The van der Waals surface area contributed by atoms with Crippen LogP contribution >= 0.6 is 11.6 Å². The number of para-hydroxylation sites is 1. The predicted molar refractivity (Wildman–Crippen MR) is 102 cm³/mol. The van der Waals surface area contributed by atoms with Gasteiger partial charge in [0, 0.05) is 49.2 Å².